The van der Waals surface area contributed by atoms with E-state index in [4.69, 9.17) is 5.11 Å². The van der Waals surface area contributed by atoms with Gasteiger partial charge in [-0.2, -0.15) is 13.2 Å². The van der Waals surface area contributed by atoms with Crippen molar-refractivity contribution in [3.63, 3.8) is 0 Å². The molecular weight excluding hydrogens is 261 g/mol. The lowest BCUT2D eigenvalue weighted by molar-refractivity contribution is -0.195. The zero-order valence-electron chi connectivity index (χ0n) is 10.2. The Kier molecular flexibility index (Phi) is 3.24. The first-order valence-electron chi connectivity index (χ1n) is 5.83. The van der Waals surface area contributed by atoms with Gasteiger partial charge in [-0.05, 0) is 25.3 Å². The van der Waals surface area contributed by atoms with Crippen LogP contribution in [0.5, 0.6) is 0 Å². The molecule has 0 radical (unpaired) electrons. The Hall–Kier alpha value is -1.66. The second-order valence-corrected chi connectivity index (χ2v) is 4.87. The molecule has 0 saturated heterocycles. The third kappa shape index (κ3) is 2.54. The minimum absolute atomic E-state index is 0.0394. The Labute approximate surface area is 107 Å². The van der Waals surface area contributed by atoms with Crippen molar-refractivity contribution in [2.75, 3.05) is 0 Å². The molecule has 0 bridgehead atoms. The van der Waals surface area contributed by atoms with Gasteiger partial charge in [-0.25, -0.2) is 9.97 Å². The first-order valence-corrected chi connectivity index (χ1v) is 5.83. The fourth-order valence-electron chi connectivity index (χ4n) is 2.35. The Bertz CT molecular complexity index is 481. The molecule has 1 fully saturated rings. The van der Waals surface area contributed by atoms with E-state index in [9.17, 15) is 18.0 Å². The van der Waals surface area contributed by atoms with E-state index in [2.05, 4.69) is 9.97 Å². The van der Waals surface area contributed by atoms with E-state index < -0.39 is 29.9 Å². The van der Waals surface area contributed by atoms with Gasteiger partial charge in [0.2, 0.25) is 0 Å². The zero-order chi connectivity index (χ0) is 14.3. The minimum Gasteiger partial charge on any atom is -0.481 e. The Morgan fingerprint density at radius 3 is 2.32 bits per heavy atom. The highest BCUT2D eigenvalue weighted by molar-refractivity contribution is 5.68. The fourth-order valence-corrected chi connectivity index (χ4v) is 2.35. The van der Waals surface area contributed by atoms with E-state index in [1.165, 1.54) is 12.4 Å². The molecule has 1 saturated carbocycles. The van der Waals surface area contributed by atoms with Gasteiger partial charge in [0.25, 0.3) is 0 Å². The summed E-state index contributed by atoms with van der Waals surface area (Å²) in [5.74, 6) is -1.93. The molecule has 1 aliphatic rings. The van der Waals surface area contributed by atoms with E-state index in [-0.39, 0.29) is 18.4 Å². The van der Waals surface area contributed by atoms with Crippen molar-refractivity contribution in [2.45, 2.75) is 38.3 Å². The van der Waals surface area contributed by atoms with Crippen LogP contribution in [0.25, 0.3) is 0 Å². The van der Waals surface area contributed by atoms with Crippen LogP contribution in [-0.4, -0.2) is 27.2 Å². The highest BCUT2D eigenvalue weighted by Gasteiger charge is 2.67. The maximum Gasteiger partial charge on any atom is 0.395 e. The van der Waals surface area contributed by atoms with Crippen LogP contribution in [0.15, 0.2) is 12.4 Å². The predicted molar refractivity (Wildman–Crippen MR) is 59.5 cm³/mol. The number of rotatable bonds is 4. The maximum atomic E-state index is 13.1. The molecule has 0 aliphatic heterocycles. The number of halogens is 3. The highest BCUT2D eigenvalue weighted by atomic mass is 19.4. The van der Waals surface area contributed by atoms with E-state index in [0.717, 1.165) is 0 Å². The van der Waals surface area contributed by atoms with Gasteiger partial charge in [0.05, 0.1) is 11.8 Å². The van der Waals surface area contributed by atoms with Crippen molar-refractivity contribution in [3.05, 3.63) is 23.8 Å². The van der Waals surface area contributed by atoms with Gasteiger partial charge in [0, 0.05) is 18.3 Å². The van der Waals surface area contributed by atoms with Crippen LogP contribution in [0.3, 0.4) is 0 Å². The lowest BCUT2D eigenvalue weighted by Crippen LogP contribution is -2.32. The summed E-state index contributed by atoms with van der Waals surface area (Å²) >= 11 is 0. The van der Waals surface area contributed by atoms with Gasteiger partial charge < -0.3 is 5.11 Å². The summed E-state index contributed by atoms with van der Waals surface area (Å²) in [7, 11) is 0. The SMILES string of the molecule is Cc1ncc(C(CC(=O)O)C2(C(F)(F)F)CC2)cn1. The standard InChI is InChI=1S/C12H13F3N2O2/c1-7-16-5-8(6-17-7)9(4-10(18)19)11(2-3-11)12(13,14)15/h5-6,9H,2-4H2,1H3,(H,18,19). The molecule has 1 atom stereocenters. The van der Waals surface area contributed by atoms with Crippen molar-refractivity contribution in [1.29, 1.82) is 0 Å². The van der Waals surface area contributed by atoms with Gasteiger partial charge in [-0.1, -0.05) is 0 Å². The molecule has 19 heavy (non-hydrogen) atoms. The average molecular weight is 274 g/mol. The number of hydrogen-bond donors (Lipinski definition) is 1. The number of alkyl halides is 3. The molecule has 1 heterocycles. The number of hydrogen-bond acceptors (Lipinski definition) is 3. The van der Waals surface area contributed by atoms with Crippen molar-refractivity contribution in [1.82, 2.24) is 9.97 Å². The smallest absolute Gasteiger partial charge is 0.395 e. The van der Waals surface area contributed by atoms with Crippen molar-refractivity contribution in [3.8, 4) is 0 Å². The van der Waals surface area contributed by atoms with Gasteiger partial charge in [0.1, 0.15) is 5.82 Å². The maximum absolute atomic E-state index is 13.1. The molecule has 0 amide bonds. The largest absolute Gasteiger partial charge is 0.481 e. The van der Waals surface area contributed by atoms with Gasteiger partial charge >= 0.3 is 12.1 Å². The summed E-state index contributed by atoms with van der Waals surface area (Å²) in [6.45, 7) is 1.62. The molecule has 1 aliphatic carbocycles. The predicted octanol–water partition coefficient (Wildman–Crippen LogP) is 2.69. The van der Waals surface area contributed by atoms with Crippen LogP contribution in [0, 0.1) is 12.3 Å². The monoisotopic (exact) mass is 274 g/mol. The number of aromatic nitrogens is 2. The Balaban J connectivity index is 2.37. The van der Waals surface area contributed by atoms with E-state index in [1.54, 1.807) is 6.92 Å². The average Bonchev–Trinajstić information content (AvgIpc) is 3.07. The topological polar surface area (TPSA) is 63.1 Å². The fraction of sp³-hybridized carbons (Fsp3) is 0.583. The molecule has 104 valence electrons. The molecule has 1 aromatic rings. The van der Waals surface area contributed by atoms with E-state index in [0.29, 0.717) is 5.82 Å². The van der Waals surface area contributed by atoms with Gasteiger partial charge in [-0.15, -0.1) is 0 Å². The van der Waals surface area contributed by atoms with Crippen LogP contribution in [0.4, 0.5) is 13.2 Å². The van der Waals surface area contributed by atoms with Gasteiger partial charge in [0.15, 0.2) is 0 Å². The van der Waals surface area contributed by atoms with Crippen molar-refractivity contribution in [2.24, 2.45) is 5.41 Å². The Morgan fingerprint density at radius 1 is 1.42 bits per heavy atom. The van der Waals surface area contributed by atoms with Crippen LogP contribution >= 0.6 is 0 Å². The molecule has 0 spiro atoms. The summed E-state index contributed by atoms with van der Waals surface area (Å²) < 4.78 is 39.4. The second kappa shape index (κ2) is 4.47. The molecule has 1 N–H and O–H groups in total. The first kappa shape index (κ1) is 13.8. The van der Waals surface area contributed by atoms with E-state index in [1.807, 2.05) is 0 Å². The highest BCUT2D eigenvalue weighted by Crippen LogP contribution is 2.66. The number of aryl methyl sites for hydroxylation is 1. The molecule has 1 aromatic heterocycles. The third-order valence-electron chi connectivity index (χ3n) is 3.60. The first-order chi connectivity index (χ1) is 8.76. The van der Waals surface area contributed by atoms with E-state index >= 15 is 0 Å². The molecular formula is C12H13F3N2O2. The minimum atomic E-state index is -4.40. The van der Waals surface area contributed by atoms with Crippen molar-refractivity contribution < 1.29 is 23.1 Å². The molecule has 4 nitrogen and oxygen atoms in total. The summed E-state index contributed by atoms with van der Waals surface area (Å²) in [6.07, 6.45) is -2.46. The number of carboxylic acids is 1. The van der Waals surface area contributed by atoms with Crippen LogP contribution in [0.1, 0.15) is 36.6 Å². The lowest BCUT2D eigenvalue weighted by atomic mass is 9.81. The number of nitrogens with zero attached hydrogens (tertiary/aromatic N) is 2. The van der Waals surface area contributed by atoms with Crippen LogP contribution < -0.4 is 0 Å². The van der Waals surface area contributed by atoms with Crippen LogP contribution in [-0.2, 0) is 4.79 Å². The zero-order valence-corrected chi connectivity index (χ0v) is 10.2. The third-order valence-corrected chi connectivity index (χ3v) is 3.60. The van der Waals surface area contributed by atoms with Crippen LogP contribution in [0.2, 0.25) is 0 Å². The molecule has 7 heteroatoms. The molecule has 2 rings (SSSR count). The number of carbonyl (C=O) groups is 1. The molecule has 1 unspecified atom stereocenters. The summed E-state index contributed by atoms with van der Waals surface area (Å²) in [6, 6.07) is 0. The second-order valence-electron chi connectivity index (χ2n) is 4.87. The quantitative estimate of drug-likeness (QED) is 0.916. The molecule has 0 aromatic carbocycles. The summed E-state index contributed by atoms with van der Waals surface area (Å²) in [4.78, 5) is 18.6. The number of aliphatic carboxylic acids is 1. The number of carboxylic acid groups (broad SMARTS) is 1. The van der Waals surface area contributed by atoms with Crippen molar-refractivity contribution >= 4 is 5.97 Å². The lowest BCUT2D eigenvalue weighted by Gasteiger charge is -2.28. The Morgan fingerprint density at radius 2 is 1.95 bits per heavy atom. The summed E-state index contributed by atoms with van der Waals surface area (Å²) in [5.41, 5.74) is -1.69. The van der Waals surface area contributed by atoms with Gasteiger partial charge in [-0.3, -0.25) is 4.79 Å². The summed E-state index contributed by atoms with van der Waals surface area (Å²) in [5, 5.41) is 8.85. The normalized spacial score (nSPS) is 18.9.